The van der Waals surface area contributed by atoms with E-state index in [9.17, 15) is 4.79 Å². The largest absolute Gasteiger partial charge is 0.346 e. The van der Waals surface area contributed by atoms with Crippen molar-refractivity contribution in [3.05, 3.63) is 51.0 Å². The molecule has 4 nitrogen and oxygen atoms in total. The first kappa shape index (κ1) is 15.2. The molecule has 0 spiro atoms. The third-order valence-corrected chi connectivity index (χ3v) is 3.86. The van der Waals surface area contributed by atoms with Gasteiger partial charge in [0.1, 0.15) is 5.01 Å². The van der Waals surface area contributed by atoms with E-state index in [1.807, 2.05) is 25.3 Å². The highest BCUT2D eigenvalue weighted by Crippen LogP contribution is 2.11. The van der Waals surface area contributed by atoms with Crippen molar-refractivity contribution in [1.82, 2.24) is 10.3 Å². The summed E-state index contributed by atoms with van der Waals surface area (Å²) in [7, 11) is 0. The molecule has 1 heterocycles. The maximum Gasteiger partial charge on any atom is 0.251 e. The SMILES string of the molecule is Cc1csc(CNC(=O)c2ccc(C)c(C#CCN)c2)n1. The molecule has 2 rings (SSSR count). The molecule has 21 heavy (non-hydrogen) atoms. The van der Waals surface area contributed by atoms with Gasteiger partial charge < -0.3 is 11.1 Å². The van der Waals surface area contributed by atoms with Crippen LogP contribution >= 0.6 is 11.3 Å². The van der Waals surface area contributed by atoms with Crippen molar-refractivity contribution < 1.29 is 4.79 Å². The average molecular weight is 299 g/mol. The Bertz CT molecular complexity index is 710. The van der Waals surface area contributed by atoms with Gasteiger partial charge in [-0.05, 0) is 31.5 Å². The molecule has 0 aliphatic carbocycles. The van der Waals surface area contributed by atoms with Gasteiger partial charge in [-0.15, -0.1) is 11.3 Å². The van der Waals surface area contributed by atoms with Crippen molar-refractivity contribution in [2.75, 3.05) is 6.54 Å². The highest BCUT2D eigenvalue weighted by molar-refractivity contribution is 7.09. The molecular formula is C16H17N3OS. The van der Waals surface area contributed by atoms with E-state index in [1.54, 1.807) is 23.5 Å². The molecule has 0 saturated carbocycles. The fraction of sp³-hybridized carbons (Fsp3) is 0.250. The fourth-order valence-electron chi connectivity index (χ4n) is 1.79. The summed E-state index contributed by atoms with van der Waals surface area (Å²) < 4.78 is 0. The Morgan fingerprint density at radius 3 is 2.90 bits per heavy atom. The summed E-state index contributed by atoms with van der Waals surface area (Å²) in [6.45, 7) is 4.64. The highest BCUT2D eigenvalue weighted by atomic mass is 32.1. The van der Waals surface area contributed by atoms with Gasteiger partial charge in [-0.2, -0.15) is 0 Å². The summed E-state index contributed by atoms with van der Waals surface area (Å²) in [5.74, 6) is 5.66. The van der Waals surface area contributed by atoms with Gasteiger partial charge in [-0.1, -0.05) is 17.9 Å². The molecule has 1 amide bonds. The van der Waals surface area contributed by atoms with Gasteiger partial charge >= 0.3 is 0 Å². The third-order valence-electron chi connectivity index (χ3n) is 2.89. The lowest BCUT2D eigenvalue weighted by atomic mass is 10.0. The number of nitrogens with one attached hydrogen (secondary N) is 1. The van der Waals surface area contributed by atoms with Crippen LogP contribution in [0, 0.1) is 25.7 Å². The zero-order chi connectivity index (χ0) is 15.2. The van der Waals surface area contributed by atoms with Crippen LogP contribution in [0.15, 0.2) is 23.6 Å². The second-order valence-electron chi connectivity index (χ2n) is 4.60. The predicted octanol–water partition coefficient (Wildman–Crippen LogP) is 2.00. The minimum Gasteiger partial charge on any atom is -0.346 e. The lowest BCUT2D eigenvalue weighted by Crippen LogP contribution is -2.22. The minimum absolute atomic E-state index is 0.126. The Labute approximate surface area is 128 Å². The van der Waals surface area contributed by atoms with Crippen LogP contribution in [0.5, 0.6) is 0 Å². The van der Waals surface area contributed by atoms with Crippen molar-refractivity contribution in [2.45, 2.75) is 20.4 Å². The molecule has 0 aliphatic rings. The monoisotopic (exact) mass is 299 g/mol. The Morgan fingerprint density at radius 2 is 2.24 bits per heavy atom. The standard InChI is InChI=1S/C16H17N3OS/c1-11-5-6-14(8-13(11)4-3-7-17)16(20)18-9-15-19-12(2)10-21-15/h5-6,8,10H,7,9,17H2,1-2H3,(H,18,20). The number of aromatic nitrogens is 1. The summed E-state index contributed by atoms with van der Waals surface area (Å²) in [4.78, 5) is 16.5. The number of thiazole rings is 1. The Hall–Kier alpha value is -2.16. The van der Waals surface area contributed by atoms with Crippen LogP contribution in [0.25, 0.3) is 0 Å². The van der Waals surface area contributed by atoms with E-state index in [1.165, 1.54) is 0 Å². The summed E-state index contributed by atoms with van der Waals surface area (Å²) in [5, 5.41) is 5.73. The maximum absolute atomic E-state index is 12.2. The number of rotatable bonds is 3. The predicted molar refractivity (Wildman–Crippen MR) is 85.1 cm³/mol. The molecule has 108 valence electrons. The van der Waals surface area contributed by atoms with Crippen molar-refractivity contribution in [3.63, 3.8) is 0 Å². The van der Waals surface area contributed by atoms with E-state index in [-0.39, 0.29) is 5.91 Å². The van der Waals surface area contributed by atoms with Crippen molar-refractivity contribution in [3.8, 4) is 11.8 Å². The minimum atomic E-state index is -0.126. The lowest BCUT2D eigenvalue weighted by Gasteiger charge is -2.05. The number of hydrogen-bond acceptors (Lipinski definition) is 4. The molecule has 0 unspecified atom stereocenters. The zero-order valence-corrected chi connectivity index (χ0v) is 12.9. The van der Waals surface area contributed by atoms with E-state index in [4.69, 9.17) is 5.73 Å². The van der Waals surface area contributed by atoms with Gasteiger partial charge in [-0.25, -0.2) is 4.98 Å². The van der Waals surface area contributed by atoms with Crippen LogP contribution in [0.2, 0.25) is 0 Å². The number of carbonyl (C=O) groups is 1. The number of nitrogens with zero attached hydrogens (tertiary/aromatic N) is 1. The smallest absolute Gasteiger partial charge is 0.251 e. The Balaban J connectivity index is 2.08. The quantitative estimate of drug-likeness (QED) is 0.852. The highest BCUT2D eigenvalue weighted by Gasteiger charge is 2.08. The van der Waals surface area contributed by atoms with Crippen molar-refractivity contribution >= 4 is 17.2 Å². The van der Waals surface area contributed by atoms with Crippen LogP contribution in [0.3, 0.4) is 0 Å². The van der Waals surface area contributed by atoms with Crippen molar-refractivity contribution in [2.24, 2.45) is 5.73 Å². The first-order valence-corrected chi connectivity index (χ1v) is 7.47. The summed E-state index contributed by atoms with van der Waals surface area (Å²) >= 11 is 1.54. The Morgan fingerprint density at radius 1 is 1.43 bits per heavy atom. The molecule has 0 fully saturated rings. The van der Waals surface area contributed by atoms with Crippen LogP contribution in [-0.4, -0.2) is 17.4 Å². The number of aryl methyl sites for hydroxylation is 2. The van der Waals surface area contributed by atoms with Gasteiger partial charge in [0.2, 0.25) is 0 Å². The van der Waals surface area contributed by atoms with Crippen LogP contribution in [0.1, 0.15) is 32.2 Å². The number of benzene rings is 1. The number of nitrogens with two attached hydrogens (primary N) is 1. The van der Waals surface area contributed by atoms with Crippen LogP contribution in [-0.2, 0) is 6.54 Å². The molecule has 5 heteroatoms. The fourth-order valence-corrected chi connectivity index (χ4v) is 2.50. The molecule has 0 radical (unpaired) electrons. The molecule has 0 bridgehead atoms. The van der Waals surface area contributed by atoms with Crippen LogP contribution < -0.4 is 11.1 Å². The first-order valence-electron chi connectivity index (χ1n) is 6.59. The normalized spacial score (nSPS) is 9.86. The molecule has 0 atom stereocenters. The second-order valence-corrected chi connectivity index (χ2v) is 5.54. The van der Waals surface area contributed by atoms with E-state index in [0.717, 1.165) is 21.8 Å². The van der Waals surface area contributed by atoms with Gasteiger partial charge in [0.05, 0.1) is 13.1 Å². The average Bonchev–Trinajstić information content (AvgIpc) is 2.89. The molecule has 0 aliphatic heterocycles. The summed E-state index contributed by atoms with van der Waals surface area (Å²) in [6.07, 6.45) is 0. The Kier molecular flexibility index (Phi) is 5.09. The molecular weight excluding hydrogens is 282 g/mol. The van der Waals surface area contributed by atoms with Crippen LogP contribution in [0.4, 0.5) is 0 Å². The molecule has 1 aromatic carbocycles. The van der Waals surface area contributed by atoms with E-state index in [0.29, 0.717) is 18.7 Å². The van der Waals surface area contributed by atoms with E-state index in [2.05, 4.69) is 22.1 Å². The third kappa shape index (κ3) is 4.15. The van der Waals surface area contributed by atoms with Gasteiger partial charge in [0.25, 0.3) is 5.91 Å². The van der Waals surface area contributed by atoms with Crippen molar-refractivity contribution in [1.29, 1.82) is 0 Å². The van der Waals surface area contributed by atoms with Gasteiger partial charge in [0.15, 0.2) is 0 Å². The summed E-state index contributed by atoms with van der Waals surface area (Å²) in [6, 6.07) is 5.48. The zero-order valence-electron chi connectivity index (χ0n) is 12.1. The maximum atomic E-state index is 12.2. The number of hydrogen-bond donors (Lipinski definition) is 2. The number of carbonyl (C=O) groups excluding carboxylic acids is 1. The molecule has 3 N–H and O–H groups in total. The van der Waals surface area contributed by atoms with Gasteiger partial charge in [0, 0.05) is 22.2 Å². The topological polar surface area (TPSA) is 68.0 Å². The molecule has 2 aromatic rings. The first-order chi connectivity index (χ1) is 10.1. The summed E-state index contributed by atoms with van der Waals surface area (Å²) in [5.41, 5.74) is 8.81. The second kappa shape index (κ2) is 7.02. The number of amides is 1. The van der Waals surface area contributed by atoms with Gasteiger partial charge in [-0.3, -0.25) is 4.79 Å². The molecule has 1 aromatic heterocycles. The molecule has 0 saturated heterocycles. The lowest BCUT2D eigenvalue weighted by molar-refractivity contribution is 0.0951. The van der Waals surface area contributed by atoms with E-state index >= 15 is 0 Å². The van der Waals surface area contributed by atoms with E-state index < -0.39 is 0 Å².